The number of halogens is 1. The molecular formula is C32H34ClN3O7S2. The number of rotatable bonds is 8. The van der Waals surface area contributed by atoms with Crippen LogP contribution in [0.1, 0.15) is 40.2 Å². The number of H-pyrrole nitrogens is 1. The van der Waals surface area contributed by atoms with Crippen LogP contribution in [0.25, 0.3) is 22.2 Å². The highest BCUT2D eigenvalue weighted by molar-refractivity contribution is 8.00. The fourth-order valence-corrected chi connectivity index (χ4v) is 7.90. The molecule has 0 saturated carbocycles. The molecule has 3 aromatic rings. The largest absolute Gasteiger partial charge is 0.484 e. The van der Waals surface area contributed by atoms with Gasteiger partial charge in [0.1, 0.15) is 35.1 Å². The third-order valence-electron chi connectivity index (χ3n) is 7.11. The van der Waals surface area contributed by atoms with Crippen molar-refractivity contribution in [3.63, 3.8) is 0 Å². The van der Waals surface area contributed by atoms with E-state index in [0.29, 0.717) is 22.1 Å². The summed E-state index contributed by atoms with van der Waals surface area (Å²) in [5.41, 5.74) is 4.07. The van der Waals surface area contributed by atoms with Crippen LogP contribution < -0.4 is 10.1 Å². The zero-order valence-electron chi connectivity index (χ0n) is 25.5. The van der Waals surface area contributed by atoms with Crippen molar-refractivity contribution >= 4 is 70.3 Å². The van der Waals surface area contributed by atoms with Gasteiger partial charge in [0.15, 0.2) is 6.61 Å². The predicted octanol–water partition coefficient (Wildman–Crippen LogP) is 5.67. The Morgan fingerprint density at radius 2 is 1.93 bits per heavy atom. The fourth-order valence-electron chi connectivity index (χ4n) is 5.28. The number of aromatic nitrogens is 1. The molecule has 1 saturated heterocycles. The van der Waals surface area contributed by atoms with Crippen molar-refractivity contribution in [3.05, 3.63) is 58.3 Å². The number of esters is 1. The second-order valence-corrected chi connectivity index (χ2v) is 13.8. The summed E-state index contributed by atoms with van der Waals surface area (Å²) in [5.74, 6) is 0.0454. The molecule has 238 valence electrons. The number of carbonyl (C=O) groups is 4. The van der Waals surface area contributed by atoms with E-state index in [4.69, 9.17) is 25.8 Å². The molecule has 10 nitrogen and oxygen atoms in total. The van der Waals surface area contributed by atoms with Crippen molar-refractivity contribution in [1.82, 2.24) is 15.2 Å². The first kappa shape index (κ1) is 32.8. The summed E-state index contributed by atoms with van der Waals surface area (Å²) in [6.07, 6.45) is 0. The van der Waals surface area contributed by atoms with Crippen LogP contribution >= 0.6 is 35.1 Å². The van der Waals surface area contributed by atoms with Crippen LogP contribution in [0, 0.1) is 0 Å². The molecule has 2 atom stereocenters. The number of aromatic amines is 1. The Labute approximate surface area is 274 Å². The number of hydrogen-bond donors (Lipinski definition) is 2. The number of nitrogens with one attached hydrogen (secondary N) is 2. The lowest BCUT2D eigenvalue weighted by molar-refractivity contribution is -0.159. The number of amides is 2. The average Bonchev–Trinajstić information content (AvgIpc) is 3.39. The monoisotopic (exact) mass is 671 g/mol. The summed E-state index contributed by atoms with van der Waals surface area (Å²) in [6.45, 7) is 9.03. The molecule has 13 heteroatoms. The summed E-state index contributed by atoms with van der Waals surface area (Å²) in [7, 11) is 0. The lowest BCUT2D eigenvalue weighted by Crippen LogP contribution is -2.71. The maximum atomic E-state index is 13.1. The van der Waals surface area contributed by atoms with Crippen molar-refractivity contribution in [3.8, 4) is 17.0 Å². The van der Waals surface area contributed by atoms with Crippen LogP contribution in [0.2, 0.25) is 5.02 Å². The van der Waals surface area contributed by atoms with Crippen LogP contribution in [0.3, 0.4) is 0 Å². The van der Waals surface area contributed by atoms with Crippen molar-refractivity contribution in [2.75, 3.05) is 19.0 Å². The molecule has 0 aliphatic carbocycles. The molecule has 1 fully saturated rings. The fraction of sp³-hybridized carbons (Fsp3) is 0.375. The SMILES string of the molecule is CC.CC(C)(C)OC(=O)C1=C(COC=O)CSC2C(NC(=O)COc3ccc4c(c3)SCc3c-4[nH]c4ccc(Cl)cc34)C(=O)N12. The van der Waals surface area contributed by atoms with Gasteiger partial charge in [-0.2, -0.15) is 0 Å². The van der Waals surface area contributed by atoms with Crippen molar-refractivity contribution in [1.29, 1.82) is 0 Å². The smallest absolute Gasteiger partial charge is 0.355 e. The third-order valence-corrected chi connectivity index (χ3v) is 9.77. The van der Waals surface area contributed by atoms with E-state index in [-0.39, 0.29) is 25.4 Å². The van der Waals surface area contributed by atoms with Crippen LogP contribution in [-0.4, -0.2) is 70.1 Å². The topological polar surface area (TPSA) is 127 Å². The molecule has 3 aliphatic heterocycles. The summed E-state index contributed by atoms with van der Waals surface area (Å²) < 4.78 is 16.2. The minimum absolute atomic E-state index is 0.0556. The zero-order chi connectivity index (χ0) is 32.5. The highest BCUT2D eigenvalue weighted by Gasteiger charge is 2.54. The maximum absolute atomic E-state index is 13.1. The Morgan fingerprint density at radius 1 is 1.16 bits per heavy atom. The van der Waals surface area contributed by atoms with E-state index < -0.39 is 34.8 Å². The quantitative estimate of drug-likeness (QED) is 0.177. The predicted molar refractivity (Wildman–Crippen MR) is 175 cm³/mol. The summed E-state index contributed by atoms with van der Waals surface area (Å²) in [5, 5.41) is 4.04. The van der Waals surface area contributed by atoms with E-state index in [1.165, 1.54) is 22.2 Å². The Balaban J connectivity index is 0.00000196. The lowest BCUT2D eigenvalue weighted by atomic mass is 10.0. The van der Waals surface area contributed by atoms with E-state index in [1.807, 2.05) is 50.2 Å². The second-order valence-electron chi connectivity index (χ2n) is 11.2. The third kappa shape index (κ3) is 6.68. The molecule has 2 amide bonds. The Bertz CT molecular complexity index is 1700. The van der Waals surface area contributed by atoms with Gasteiger partial charge in [-0.15, -0.1) is 23.5 Å². The van der Waals surface area contributed by atoms with Gasteiger partial charge >= 0.3 is 5.97 Å². The number of β-lactam (4-membered cyclic amide) rings is 1. The number of benzene rings is 2. The molecule has 2 unspecified atom stereocenters. The maximum Gasteiger partial charge on any atom is 0.355 e. The summed E-state index contributed by atoms with van der Waals surface area (Å²) in [4.78, 5) is 55.6. The van der Waals surface area contributed by atoms with Gasteiger partial charge in [0, 0.05) is 43.5 Å². The summed E-state index contributed by atoms with van der Waals surface area (Å²) in [6, 6.07) is 10.7. The molecule has 6 rings (SSSR count). The van der Waals surface area contributed by atoms with Gasteiger partial charge in [-0.05, 0) is 62.7 Å². The average molecular weight is 672 g/mol. The van der Waals surface area contributed by atoms with Crippen molar-refractivity contribution in [2.24, 2.45) is 0 Å². The van der Waals surface area contributed by atoms with Crippen LogP contribution in [0.4, 0.5) is 0 Å². The molecule has 0 spiro atoms. The van der Waals surface area contributed by atoms with Crippen molar-refractivity contribution < 1.29 is 33.4 Å². The number of nitrogens with zero attached hydrogens (tertiary/aromatic N) is 1. The van der Waals surface area contributed by atoms with Gasteiger partial charge in [-0.25, -0.2) is 4.79 Å². The first-order valence-corrected chi connectivity index (χ1v) is 16.9. The van der Waals surface area contributed by atoms with E-state index >= 15 is 0 Å². The molecule has 45 heavy (non-hydrogen) atoms. The molecular weight excluding hydrogens is 638 g/mol. The molecule has 0 bridgehead atoms. The Morgan fingerprint density at radius 3 is 2.67 bits per heavy atom. The highest BCUT2D eigenvalue weighted by Crippen LogP contribution is 2.46. The van der Waals surface area contributed by atoms with E-state index in [0.717, 1.165) is 32.8 Å². The van der Waals surface area contributed by atoms with Crippen LogP contribution in [0.5, 0.6) is 5.75 Å². The van der Waals surface area contributed by atoms with Gasteiger partial charge in [-0.1, -0.05) is 25.4 Å². The molecule has 2 aromatic carbocycles. The van der Waals surface area contributed by atoms with E-state index in [2.05, 4.69) is 10.3 Å². The number of fused-ring (bicyclic) bond motifs is 6. The number of thioether (sulfide) groups is 2. The number of ether oxygens (including phenoxy) is 3. The van der Waals surface area contributed by atoms with Crippen molar-refractivity contribution in [2.45, 2.75) is 62.3 Å². The number of carbonyl (C=O) groups excluding carboxylic acids is 4. The lowest BCUT2D eigenvalue weighted by Gasteiger charge is -2.49. The van der Waals surface area contributed by atoms with Crippen LogP contribution in [-0.2, 0) is 34.4 Å². The minimum Gasteiger partial charge on any atom is -0.484 e. The first-order chi connectivity index (χ1) is 21.5. The molecule has 3 aliphatic rings. The first-order valence-electron chi connectivity index (χ1n) is 14.5. The van der Waals surface area contributed by atoms with Crippen LogP contribution in [0.15, 0.2) is 52.6 Å². The molecule has 2 N–H and O–H groups in total. The van der Waals surface area contributed by atoms with Gasteiger partial charge in [-0.3, -0.25) is 19.3 Å². The molecule has 4 heterocycles. The van der Waals surface area contributed by atoms with Gasteiger partial charge < -0.3 is 24.5 Å². The Hall–Kier alpha value is -3.61. The van der Waals surface area contributed by atoms with Gasteiger partial charge in [0.2, 0.25) is 0 Å². The standard InChI is InChI=1S/C30H28ClN3O7S2.C2H6/c1-30(2,3)41-29(38)26-15(10-39-14-35)12-43-28-25(27(37)34(26)28)33-23(36)11-40-17-5-6-18-22(9-17)42-13-20-19-8-16(31)4-7-21(19)32-24(18)20;1-2/h4-9,14,25,28,32H,10-13H2,1-3H3,(H,33,36);1-2H3. The molecule has 0 radical (unpaired) electrons. The Kier molecular flexibility index (Phi) is 9.76. The highest BCUT2D eigenvalue weighted by atomic mass is 35.5. The number of hydrogen-bond acceptors (Lipinski definition) is 9. The zero-order valence-corrected chi connectivity index (χ0v) is 27.9. The molecule has 1 aromatic heterocycles. The minimum atomic E-state index is -0.833. The van der Waals surface area contributed by atoms with Gasteiger partial charge in [0.25, 0.3) is 18.3 Å². The van der Waals surface area contributed by atoms with E-state index in [1.54, 1.807) is 32.5 Å². The van der Waals surface area contributed by atoms with E-state index in [9.17, 15) is 19.2 Å². The van der Waals surface area contributed by atoms with Gasteiger partial charge in [0.05, 0.1) is 5.69 Å². The summed E-state index contributed by atoms with van der Waals surface area (Å²) >= 11 is 9.27. The second kappa shape index (κ2) is 13.4. The normalized spacial score (nSPS) is 18.4.